The SMILES string of the molecule is Brc1cc(Br)c(I)cc1Br. The van der Waals surface area contributed by atoms with Gasteiger partial charge < -0.3 is 0 Å². The van der Waals surface area contributed by atoms with Crippen molar-refractivity contribution in [1.82, 2.24) is 0 Å². The highest BCUT2D eigenvalue weighted by Gasteiger charge is 2.00. The van der Waals surface area contributed by atoms with Crippen molar-refractivity contribution in [2.45, 2.75) is 0 Å². The summed E-state index contributed by atoms with van der Waals surface area (Å²) in [6, 6.07) is 4.07. The second kappa shape index (κ2) is 3.87. The first kappa shape index (κ1) is 9.48. The molecule has 0 saturated heterocycles. The third-order valence-electron chi connectivity index (χ3n) is 0.963. The molecule has 0 N–H and O–H groups in total. The molecule has 1 aromatic carbocycles. The predicted octanol–water partition coefficient (Wildman–Crippen LogP) is 4.58. The van der Waals surface area contributed by atoms with Crippen LogP contribution in [0, 0.1) is 3.57 Å². The molecule has 0 aliphatic carbocycles. The summed E-state index contributed by atoms with van der Waals surface area (Å²) in [5, 5.41) is 0. The molecule has 0 spiro atoms. The fraction of sp³-hybridized carbons (Fsp3) is 0. The van der Waals surface area contributed by atoms with Gasteiger partial charge in [0, 0.05) is 17.0 Å². The molecule has 4 heteroatoms. The summed E-state index contributed by atoms with van der Waals surface area (Å²) in [5.74, 6) is 0. The van der Waals surface area contributed by atoms with Crippen molar-refractivity contribution in [3.05, 3.63) is 29.1 Å². The fourth-order valence-electron chi connectivity index (χ4n) is 0.498. The van der Waals surface area contributed by atoms with Gasteiger partial charge in [-0.25, -0.2) is 0 Å². The highest BCUT2D eigenvalue weighted by Crippen LogP contribution is 2.30. The molecule has 0 saturated carbocycles. The van der Waals surface area contributed by atoms with Gasteiger partial charge in [0.1, 0.15) is 0 Å². The van der Waals surface area contributed by atoms with E-state index >= 15 is 0 Å². The summed E-state index contributed by atoms with van der Waals surface area (Å²) in [7, 11) is 0. The van der Waals surface area contributed by atoms with Gasteiger partial charge in [0.15, 0.2) is 0 Å². The molecule has 0 nitrogen and oxygen atoms in total. The molecule has 0 fully saturated rings. The molecule has 0 aliphatic rings. The van der Waals surface area contributed by atoms with E-state index in [1.165, 1.54) is 3.57 Å². The lowest BCUT2D eigenvalue weighted by Gasteiger charge is -1.98. The Hall–Kier alpha value is 1.39. The van der Waals surface area contributed by atoms with E-state index in [1.807, 2.05) is 6.07 Å². The number of halogens is 4. The van der Waals surface area contributed by atoms with Crippen LogP contribution in [0.1, 0.15) is 0 Å². The highest BCUT2D eigenvalue weighted by atomic mass is 127. The van der Waals surface area contributed by atoms with Crippen LogP contribution in [-0.4, -0.2) is 0 Å². The molecule has 0 bridgehead atoms. The average Bonchev–Trinajstić information content (AvgIpc) is 1.84. The van der Waals surface area contributed by atoms with Gasteiger partial charge in [-0.1, -0.05) is 0 Å². The van der Waals surface area contributed by atoms with Gasteiger partial charge in [-0.3, -0.25) is 0 Å². The van der Waals surface area contributed by atoms with E-state index in [4.69, 9.17) is 0 Å². The van der Waals surface area contributed by atoms with Crippen molar-refractivity contribution in [3.8, 4) is 0 Å². The van der Waals surface area contributed by atoms with E-state index in [0.717, 1.165) is 13.4 Å². The standard InChI is InChI=1S/C6H2Br3I/c7-3-1-5(9)6(10)2-4(3)8/h1-2H. The van der Waals surface area contributed by atoms with Crippen LogP contribution < -0.4 is 0 Å². The number of hydrogen-bond acceptors (Lipinski definition) is 0. The zero-order chi connectivity index (χ0) is 7.72. The third-order valence-corrected chi connectivity index (χ3v) is 5.10. The second-order valence-corrected chi connectivity index (χ2v) is 5.41. The van der Waals surface area contributed by atoms with Crippen molar-refractivity contribution < 1.29 is 0 Å². The number of hydrogen-bond donors (Lipinski definition) is 0. The van der Waals surface area contributed by atoms with Crippen LogP contribution in [0.2, 0.25) is 0 Å². The van der Waals surface area contributed by atoms with Crippen molar-refractivity contribution >= 4 is 70.4 Å². The first-order valence-electron chi connectivity index (χ1n) is 2.41. The second-order valence-electron chi connectivity index (χ2n) is 1.68. The van der Waals surface area contributed by atoms with Crippen LogP contribution in [0.5, 0.6) is 0 Å². The predicted molar refractivity (Wildman–Crippen MR) is 62.3 cm³/mol. The first-order valence-corrected chi connectivity index (χ1v) is 5.87. The van der Waals surface area contributed by atoms with Gasteiger partial charge in [-0.15, -0.1) is 0 Å². The minimum atomic E-state index is 1.07. The lowest BCUT2D eigenvalue weighted by Crippen LogP contribution is -1.75. The molecule has 0 heterocycles. The van der Waals surface area contributed by atoms with Crippen LogP contribution in [0.25, 0.3) is 0 Å². The number of rotatable bonds is 0. The van der Waals surface area contributed by atoms with Gasteiger partial charge in [0.2, 0.25) is 0 Å². The van der Waals surface area contributed by atoms with Crippen molar-refractivity contribution in [2.24, 2.45) is 0 Å². The fourth-order valence-corrected chi connectivity index (χ4v) is 2.73. The van der Waals surface area contributed by atoms with Gasteiger partial charge in [0.05, 0.1) is 0 Å². The van der Waals surface area contributed by atoms with Crippen molar-refractivity contribution in [1.29, 1.82) is 0 Å². The summed E-state index contributed by atoms with van der Waals surface area (Å²) < 4.78 is 4.47. The molecule has 0 aromatic heterocycles. The van der Waals surface area contributed by atoms with Gasteiger partial charge in [-0.2, -0.15) is 0 Å². The van der Waals surface area contributed by atoms with Gasteiger partial charge in [0.25, 0.3) is 0 Å². The first-order chi connectivity index (χ1) is 4.61. The Morgan fingerprint density at radius 2 is 1.40 bits per heavy atom. The molecule has 1 rings (SSSR count). The van der Waals surface area contributed by atoms with E-state index in [-0.39, 0.29) is 0 Å². The molecule has 0 atom stereocenters. The normalized spacial score (nSPS) is 10.0. The van der Waals surface area contributed by atoms with E-state index in [0.29, 0.717) is 0 Å². The Morgan fingerprint density at radius 3 is 1.90 bits per heavy atom. The van der Waals surface area contributed by atoms with E-state index in [9.17, 15) is 0 Å². The molecule has 0 amide bonds. The lowest BCUT2D eigenvalue weighted by atomic mass is 10.4. The Kier molecular flexibility index (Phi) is 3.67. The smallest absolute Gasteiger partial charge is 0.0329 e. The highest BCUT2D eigenvalue weighted by molar-refractivity contribution is 14.1. The summed E-state index contributed by atoms with van der Waals surface area (Å²) in [4.78, 5) is 0. The number of benzene rings is 1. The lowest BCUT2D eigenvalue weighted by molar-refractivity contribution is 1.50. The van der Waals surface area contributed by atoms with Crippen molar-refractivity contribution in [2.75, 3.05) is 0 Å². The van der Waals surface area contributed by atoms with Crippen LogP contribution in [0.4, 0.5) is 0 Å². The third kappa shape index (κ3) is 2.19. The van der Waals surface area contributed by atoms with Crippen LogP contribution >= 0.6 is 70.4 Å². The minimum absolute atomic E-state index is 1.07. The van der Waals surface area contributed by atoms with E-state index in [1.54, 1.807) is 0 Å². The Bertz CT molecular complexity index is 209. The molecule has 54 valence electrons. The maximum atomic E-state index is 3.42. The minimum Gasteiger partial charge on any atom is -0.0496 e. The van der Waals surface area contributed by atoms with E-state index in [2.05, 4.69) is 76.4 Å². The average molecular weight is 441 g/mol. The Balaban J connectivity index is 3.28. The Morgan fingerprint density at radius 1 is 0.900 bits per heavy atom. The van der Waals surface area contributed by atoms with Crippen LogP contribution in [0.3, 0.4) is 0 Å². The van der Waals surface area contributed by atoms with E-state index < -0.39 is 0 Å². The molecule has 0 radical (unpaired) electrons. The summed E-state index contributed by atoms with van der Waals surface area (Å²) in [6.07, 6.45) is 0. The molecular formula is C6H2Br3I. The molecule has 10 heavy (non-hydrogen) atoms. The monoisotopic (exact) mass is 438 g/mol. The molecule has 0 unspecified atom stereocenters. The topological polar surface area (TPSA) is 0 Å². The van der Waals surface area contributed by atoms with Crippen molar-refractivity contribution in [3.63, 3.8) is 0 Å². The zero-order valence-corrected chi connectivity index (χ0v) is 11.6. The molecule has 1 aromatic rings. The summed E-state index contributed by atoms with van der Waals surface area (Å²) in [6.45, 7) is 0. The maximum Gasteiger partial charge on any atom is 0.0329 e. The van der Waals surface area contributed by atoms with Crippen LogP contribution in [0.15, 0.2) is 25.6 Å². The van der Waals surface area contributed by atoms with Gasteiger partial charge in [-0.05, 0) is 82.5 Å². The zero-order valence-electron chi connectivity index (χ0n) is 4.67. The molecular weight excluding hydrogens is 439 g/mol. The largest absolute Gasteiger partial charge is 0.0496 e. The van der Waals surface area contributed by atoms with Crippen LogP contribution in [-0.2, 0) is 0 Å². The Labute approximate surface area is 98.3 Å². The summed E-state index contributed by atoms with van der Waals surface area (Å²) in [5.41, 5.74) is 0. The molecule has 0 aliphatic heterocycles. The maximum absolute atomic E-state index is 3.42. The van der Waals surface area contributed by atoms with Gasteiger partial charge >= 0.3 is 0 Å². The quantitative estimate of drug-likeness (QED) is 0.409. The summed E-state index contributed by atoms with van der Waals surface area (Å²) >= 11 is 12.5.